The molecule has 4 heterocycles. The standard InChI is InChI=1S/C23H27N5O2/c29-20-12-19(14-8-10-24-11-9-14)28-22(25-20)21-17(26-28)6-3-7-18(21)27-13-15-4-1-2-5-16(15)23(27)30/h3,6-7,12,14-16,24H,1-2,4-5,8-11,13H2,(H,25,29). The van der Waals surface area contributed by atoms with Crippen LogP contribution in [0.2, 0.25) is 0 Å². The van der Waals surface area contributed by atoms with Gasteiger partial charge in [-0.15, -0.1) is 0 Å². The Kier molecular flexibility index (Phi) is 4.19. The van der Waals surface area contributed by atoms with Gasteiger partial charge in [0, 0.05) is 24.4 Å². The van der Waals surface area contributed by atoms with E-state index in [1.807, 2.05) is 27.6 Å². The van der Waals surface area contributed by atoms with Crippen LogP contribution in [0.5, 0.6) is 0 Å². The van der Waals surface area contributed by atoms with E-state index in [4.69, 9.17) is 5.10 Å². The van der Waals surface area contributed by atoms with E-state index in [0.717, 1.165) is 74.0 Å². The van der Waals surface area contributed by atoms with Gasteiger partial charge in [-0.25, -0.2) is 4.52 Å². The van der Waals surface area contributed by atoms with E-state index in [2.05, 4.69) is 10.3 Å². The molecule has 2 aromatic heterocycles. The van der Waals surface area contributed by atoms with Gasteiger partial charge < -0.3 is 15.2 Å². The maximum absolute atomic E-state index is 13.2. The number of nitrogens with zero attached hydrogens (tertiary/aromatic N) is 3. The summed E-state index contributed by atoms with van der Waals surface area (Å²) in [6.45, 7) is 2.68. The highest BCUT2D eigenvalue weighted by Crippen LogP contribution is 2.41. The summed E-state index contributed by atoms with van der Waals surface area (Å²) in [6.07, 6.45) is 6.49. The number of hydrogen-bond donors (Lipinski definition) is 2. The Hall–Kier alpha value is -2.67. The van der Waals surface area contributed by atoms with Gasteiger partial charge >= 0.3 is 0 Å². The Labute approximate surface area is 174 Å². The normalized spacial score (nSPS) is 25.3. The highest BCUT2D eigenvalue weighted by molar-refractivity contribution is 6.09. The smallest absolute Gasteiger partial charge is 0.251 e. The van der Waals surface area contributed by atoms with Gasteiger partial charge in [0.25, 0.3) is 5.56 Å². The first-order valence-corrected chi connectivity index (χ1v) is 11.3. The van der Waals surface area contributed by atoms with Crippen molar-refractivity contribution in [3.8, 4) is 0 Å². The Morgan fingerprint density at radius 2 is 1.87 bits per heavy atom. The predicted octanol–water partition coefficient (Wildman–Crippen LogP) is 2.80. The molecular weight excluding hydrogens is 378 g/mol. The zero-order valence-corrected chi connectivity index (χ0v) is 17.1. The maximum Gasteiger partial charge on any atom is 0.251 e. The first-order valence-electron chi connectivity index (χ1n) is 11.3. The summed E-state index contributed by atoms with van der Waals surface area (Å²) in [7, 11) is 0. The van der Waals surface area contributed by atoms with Crippen molar-refractivity contribution in [2.24, 2.45) is 11.8 Å². The number of amides is 1. The van der Waals surface area contributed by atoms with Gasteiger partial charge in [-0.3, -0.25) is 9.59 Å². The Balaban J connectivity index is 1.53. The highest BCUT2D eigenvalue weighted by atomic mass is 16.2. The van der Waals surface area contributed by atoms with Gasteiger partial charge in [-0.2, -0.15) is 5.10 Å². The van der Waals surface area contributed by atoms with Gasteiger partial charge in [0.15, 0.2) is 0 Å². The lowest BCUT2D eigenvalue weighted by molar-refractivity contribution is -0.121. The van der Waals surface area contributed by atoms with Crippen molar-refractivity contribution in [1.82, 2.24) is 19.9 Å². The zero-order chi connectivity index (χ0) is 20.2. The van der Waals surface area contributed by atoms with Crippen LogP contribution in [0.15, 0.2) is 29.1 Å². The number of aromatic amines is 1. The van der Waals surface area contributed by atoms with Crippen molar-refractivity contribution < 1.29 is 4.79 Å². The van der Waals surface area contributed by atoms with E-state index >= 15 is 0 Å². The van der Waals surface area contributed by atoms with Crippen molar-refractivity contribution in [3.05, 3.63) is 40.3 Å². The van der Waals surface area contributed by atoms with Crippen LogP contribution in [0.3, 0.4) is 0 Å². The van der Waals surface area contributed by atoms with Crippen LogP contribution in [0.4, 0.5) is 5.69 Å². The van der Waals surface area contributed by atoms with E-state index < -0.39 is 0 Å². The number of hydrogen-bond acceptors (Lipinski definition) is 4. The minimum atomic E-state index is -0.103. The molecule has 3 fully saturated rings. The summed E-state index contributed by atoms with van der Waals surface area (Å²) in [6, 6.07) is 7.66. The van der Waals surface area contributed by atoms with Crippen LogP contribution < -0.4 is 15.8 Å². The molecule has 0 bridgehead atoms. The van der Waals surface area contributed by atoms with E-state index in [9.17, 15) is 9.59 Å². The molecular formula is C23H27N5O2. The first kappa shape index (κ1) is 18.1. The van der Waals surface area contributed by atoms with E-state index in [0.29, 0.717) is 17.5 Å². The molecule has 2 atom stereocenters. The first-order chi connectivity index (χ1) is 14.7. The molecule has 7 nitrogen and oxygen atoms in total. The summed E-state index contributed by atoms with van der Waals surface area (Å²) < 4.78 is 1.92. The number of carbonyl (C=O) groups excluding carboxylic acids is 1. The third kappa shape index (κ3) is 2.71. The van der Waals surface area contributed by atoms with Crippen molar-refractivity contribution in [1.29, 1.82) is 0 Å². The minimum Gasteiger partial charge on any atom is -0.317 e. The van der Waals surface area contributed by atoms with Crippen LogP contribution >= 0.6 is 0 Å². The topological polar surface area (TPSA) is 82.5 Å². The number of aromatic nitrogens is 3. The lowest BCUT2D eigenvalue weighted by atomic mass is 9.81. The van der Waals surface area contributed by atoms with E-state index in [-0.39, 0.29) is 17.4 Å². The number of H-pyrrole nitrogens is 1. The second-order valence-electron chi connectivity index (χ2n) is 9.11. The van der Waals surface area contributed by atoms with Crippen molar-refractivity contribution in [2.45, 2.75) is 44.4 Å². The Morgan fingerprint density at radius 3 is 2.70 bits per heavy atom. The monoisotopic (exact) mass is 405 g/mol. The Bertz CT molecular complexity index is 1190. The molecule has 30 heavy (non-hydrogen) atoms. The van der Waals surface area contributed by atoms with E-state index in [1.54, 1.807) is 6.07 Å². The third-order valence-electron chi connectivity index (χ3n) is 7.40. The second kappa shape index (κ2) is 6.94. The number of nitrogens with one attached hydrogen (secondary N) is 2. The molecule has 2 unspecified atom stereocenters. The summed E-state index contributed by atoms with van der Waals surface area (Å²) >= 11 is 0. The number of anilines is 1. The predicted molar refractivity (Wildman–Crippen MR) is 116 cm³/mol. The van der Waals surface area contributed by atoms with Gasteiger partial charge in [0.2, 0.25) is 5.91 Å². The quantitative estimate of drug-likeness (QED) is 0.687. The number of piperidine rings is 1. The van der Waals surface area contributed by atoms with Crippen LogP contribution in [0.1, 0.15) is 50.1 Å². The van der Waals surface area contributed by atoms with Crippen LogP contribution in [0, 0.1) is 11.8 Å². The van der Waals surface area contributed by atoms with Crippen molar-refractivity contribution in [3.63, 3.8) is 0 Å². The van der Waals surface area contributed by atoms with Crippen molar-refractivity contribution in [2.75, 3.05) is 24.5 Å². The molecule has 3 aromatic rings. The molecule has 1 aliphatic carbocycles. The van der Waals surface area contributed by atoms with Crippen LogP contribution in [0.25, 0.3) is 16.6 Å². The molecule has 7 heteroatoms. The third-order valence-corrected chi connectivity index (χ3v) is 7.40. The largest absolute Gasteiger partial charge is 0.317 e. The van der Waals surface area contributed by atoms with Gasteiger partial charge in [-0.1, -0.05) is 18.9 Å². The fourth-order valence-corrected chi connectivity index (χ4v) is 5.89. The number of fused-ring (bicyclic) bond motifs is 4. The highest BCUT2D eigenvalue weighted by Gasteiger charge is 2.42. The SMILES string of the molecule is O=C1C2CCCCC2CN1c1cccc2nn3c(C4CCNCC4)cc(=O)[nH]c3c12. The fourth-order valence-electron chi connectivity index (χ4n) is 5.89. The molecule has 1 amide bonds. The average Bonchev–Trinajstić information content (AvgIpc) is 3.32. The van der Waals surface area contributed by atoms with Gasteiger partial charge in [0.05, 0.1) is 22.3 Å². The molecule has 1 aromatic carbocycles. The molecule has 1 saturated carbocycles. The maximum atomic E-state index is 13.2. The summed E-state index contributed by atoms with van der Waals surface area (Å²) in [5, 5.41) is 9.14. The number of rotatable bonds is 2. The van der Waals surface area contributed by atoms with E-state index in [1.165, 1.54) is 6.42 Å². The molecule has 156 valence electrons. The molecule has 0 spiro atoms. The van der Waals surface area contributed by atoms with Crippen molar-refractivity contribution >= 4 is 28.1 Å². The summed E-state index contributed by atoms with van der Waals surface area (Å²) in [5.74, 6) is 1.15. The van der Waals surface area contributed by atoms with Gasteiger partial charge in [0.1, 0.15) is 5.65 Å². The average molecular weight is 406 g/mol. The summed E-state index contributed by atoms with van der Waals surface area (Å²) in [4.78, 5) is 30.8. The van der Waals surface area contributed by atoms with Crippen LogP contribution in [-0.4, -0.2) is 40.1 Å². The van der Waals surface area contributed by atoms with Crippen LogP contribution in [-0.2, 0) is 4.79 Å². The Morgan fingerprint density at radius 1 is 1.03 bits per heavy atom. The van der Waals surface area contributed by atoms with Gasteiger partial charge in [-0.05, 0) is 56.8 Å². The second-order valence-corrected chi connectivity index (χ2v) is 9.11. The molecule has 0 radical (unpaired) electrons. The molecule has 2 saturated heterocycles. The molecule has 2 aliphatic heterocycles. The lowest BCUT2D eigenvalue weighted by Crippen LogP contribution is -2.28. The number of benzene rings is 1. The number of carbonyl (C=O) groups is 1. The fraction of sp³-hybridized carbons (Fsp3) is 0.522. The molecule has 3 aliphatic rings. The summed E-state index contributed by atoms with van der Waals surface area (Å²) in [5.41, 5.74) is 3.30. The molecule has 2 N–H and O–H groups in total. The zero-order valence-electron chi connectivity index (χ0n) is 17.1. The lowest BCUT2D eigenvalue weighted by Gasteiger charge is -2.23. The minimum absolute atomic E-state index is 0.103. The molecule has 6 rings (SSSR count).